The molecule has 0 rings (SSSR count). The van der Waals surface area contributed by atoms with Crippen molar-refractivity contribution in [2.45, 2.75) is 26.0 Å². The quantitative estimate of drug-likeness (QED) is 0.672. The predicted molar refractivity (Wildman–Crippen MR) is 65.4 cm³/mol. The Morgan fingerprint density at radius 2 is 1.64 bits per heavy atom. The molecule has 0 heterocycles. The lowest BCUT2D eigenvalue weighted by Gasteiger charge is -2.41. The van der Waals surface area contributed by atoms with Crippen LogP contribution in [0.25, 0.3) is 0 Å². The zero-order valence-electron chi connectivity index (χ0n) is 7.95. The van der Waals surface area contributed by atoms with Crippen molar-refractivity contribution in [2.24, 2.45) is 5.41 Å². The SMILES string of the molecule is CC(C)(C)C(CBr)S(C)(C)Br. The first-order valence-electron chi connectivity index (χ1n) is 3.67. The molecular formula is C8H18Br2S. The van der Waals surface area contributed by atoms with E-state index in [0.29, 0.717) is 5.41 Å². The van der Waals surface area contributed by atoms with Gasteiger partial charge in [-0.25, -0.2) is 0 Å². The van der Waals surface area contributed by atoms with Gasteiger partial charge in [0.2, 0.25) is 0 Å². The predicted octanol–water partition coefficient (Wildman–Crippen LogP) is 4.17. The average Bonchev–Trinajstić information content (AvgIpc) is 1.56. The van der Waals surface area contributed by atoms with E-state index in [9.17, 15) is 0 Å². The van der Waals surface area contributed by atoms with Crippen molar-refractivity contribution in [3.05, 3.63) is 0 Å². The topological polar surface area (TPSA) is 0 Å². The normalized spacial score (nSPS) is 18.1. The van der Waals surface area contributed by atoms with Gasteiger partial charge in [0.25, 0.3) is 0 Å². The van der Waals surface area contributed by atoms with Crippen LogP contribution in [0, 0.1) is 5.41 Å². The molecule has 11 heavy (non-hydrogen) atoms. The summed E-state index contributed by atoms with van der Waals surface area (Å²) in [5.74, 6) is 0. The van der Waals surface area contributed by atoms with Gasteiger partial charge in [0.1, 0.15) is 0 Å². The Kier molecular flexibility index (Phi) is 4.49. The fourth-order valence-electron chi connectivity index (χ4n) is 1.22. The third-order valence-electron chi connectivity index (χ3n) is 1.78. The van der Waals surface area contributed by atoms with Crippen LogP contribution in [0.1, 0.15) is 20.8 Å². The summed E-state index contributed by atoms with van der Waals surface area (Å²) in [5.41, 5.74) is 0.395. The molecule has 3 heteroatoms. The molecule has 0 saturated heterocycles. The second-order valence-corrected chi connectivity index (χ2v) is 13.1. The lowest BCUT2D eigenvalue weighted by Crippen LogP contribution is -2.30. The van der Waals surface area contributed by atoms with Gasteiger partial charge < -0.3 is 0 Å². The van der Waals surface area contributed by atoms with Crippen LogP contribution in [-0.2, 0) is 0 Å². The van der Waals surface area contributed by atoms with Crippen LogP contribution in [0.15, 0.2) is 0 Å². The highest BCUT2D eigenvalue weighted by molar-refractivity contribution is 9.58. The van der Waals surface area contributed by atoms with Crippen molar-refractivity contribution in [2.75, 3.05) is 17.8 Å². The summed E-state index contributed by atoms with van der Waals surface area (Å²) in [4.78, 5) is 0. The zero-order valence-corrected chi connectivity index (χ0v) is 11.9. The van der Waals surface area contributed by atoms with Gasteiger partial charge in [-0.15, -0.1) is 0 Å². The van der Waals surface area contributed by atoms with Gasteiger partial charge in [-0.05, 0) is 32.7 Å². The molecular weight excluding hydrogens is 288 g/mol. The van der Waals surface area contributed by atoms with Crippen molar-refractivity contribution in [3.8, 4) is 0 Å². The van der Waals surface area contributed by atoms with Gasteiger partial charge in [-0.1, -0.05) is 36.7 Å². The van der Waals surface area contributed by atoms with Crippen LogP contribution in [0.4, 0.5) is 0 Å². The van der Waals surface area contributed by atoms with E-state index in [-0.39, 0.29) is 0 Å². The molecule has 0 saturated carbocycles. The van der Waals surface area contributed by atoms with Gasteiger partial charge in [0, 0.05) is 10.6 Å². The van der Waals surface area contributed by atoms with Crippen LogP contribution in [0.3, 0.4) is 0 Å². The Morgan fingerprint density at radius 1 is 1.27 bits per heavy atom. The Balaban J connectivity index is 4.43. The van der Waals surface area contributed by atoms with Crippen LogP contribution in [0.5, 0.6) is 0 Å². The highest BCUT2D eigenvalue weighted by Crippen LogP contribution is 2.58. The maximum absolute atomic E-state index is 3.79. The fourth-order valence-corrected chi connectivity index (χ4v) is 9.30. The summed E-state index contributed by atoms with van der Waals surface area (Å²) < 4.78 is 0. The van der Waals surface area contributed by atoms with E-state index in [0.717, 1.165) is 10.6 Å². The molecule has 0 aliphatic heterocycles. The second kappa shape index (κ2) is 4.01. The molecule has 0 radical (unpaired) electrons. The zero-order chi connectivity index (χ0) is 9.28. The molecule has 0 bridgehead atoms. The van der Waals surface area contributed by atoms with E-state index in [2.05, 4.69) is 64.0 Å². The first-order chi connectivity index (χ1) is 4.69. The van der Waals surface area contributed by atoms with Crippen LogP contribution in [-0.4, -0.2) is 23.1 Å². The van der Waals surface area contributed by atoms with E-state index < -0.39 is 8.46 Å². The monoisotopic (exact) mass is 304 g/mol. The summed E-state index contributed by atoms with van der Waals surface area (Å²) in [5, 5.41) is 1.82. The van der Waals surface area contributed by atoms with Crippen molar-refractivity contribution < 1.29 is 0 Å². The minimum absolute atomic E-state index is 0.395. The van der Waals surface area contributed by atoms with Crippen molar-refractivity contribution >= 4 is 39.2 Å². The molecule has 0 amide bonds. The molecule has 0 aromatic heterocycles. The molecule has 0 aromatic rings. The Bertz CT molecular complexity index is 107. The van der Waals surface area contributed by atoms with E-state index in [1.807, 2.05) is 0 Å². The average molecular weight is 306 g/mol. The molecule has 0 fully saturated rings. The summed E-state index contributed by atoms with van der Waals surface area (Å²) in [6, 6.07) is 0. The molecule has 0 spiro atoms. The summed E-state index contributed by atoms with van der Waals surface area (Å²) >= 11 is 7.37. The lowest BCUT2D eigenvalue weighted by molar-refractivity contribution is 0.414. The largest absolute Gasteiger partial charge is 0.185 e. The maximum atomic E-state index is 3.79. The van der Waals surface area contributed by atoms with Crippen LogP contribution in [0.2, 0.25) is 0 Å². The molecule has 0 aliphatic rings. The maximum Gasteiger partial charge on any atom is 0.0148 e. The molecule has 0 aromatic carbocycles. The standard InChI is InChI=1S/C8H18Br2S/c1-8(2,3)7(6-9)11(4,5)10/h7H,6H2,1-5H3. The Morgan fingerprint density at radius 3 is 1.64 bits per heavy atom. The number of halogens is 2. The lowest BCUT2D eigenvalue weighted by atomic mass is 9.93. The van der Waals surface area contributed by atoms with E-state index in [1.165, 1.54) is 0 Å². The van der Waals surface area contributed by atoms with Gasteiger partial charge >= 0.3 is 0 Å². The van der Waals surface area contributed by atoms with Gasteiger partial charge in [-0.3, -0.25) is 0 Å². The minimum Gasteiger partial charge on any atom is -0.185 e. The fraction of sp³-hybridized carbons (Fsp3) is 1.00. The Hall–Kier alpha value is 1.31. The first-order valence-corrected chi connectivity index (χ1v) is 9.15. The van der Waals surface area contributed by atoms with E-state index in [1.54, 1.807) is 0 Å². The smallest absolute Gasteiger partial charge is 0.0148 e. The second-order valence-electron chi connectivity index (χ2n) is 4.29. The molecule has 1 atom stereocenters. The molecule has 0 aliphatic carbocycles. The summed E-state index contributed by atoms with van der Waals surface area (Å²) in [6.07, 6.45) is 4.62. The van der Waals surface area contributed by atoms with Gasteiger partial charge in [-0.2, -0.15) is 8.46 Å². The highest BCUT2D eigenvalue weighted by atomic mass is 79.9. The van der Waals surface area contributed by atoms with E-state index in [4.69, 9.17) is 0 Å². The first kappa shape index (κ1) is 12.3. The number of hydrogen-bond acceptors (Lipinski definition) is 0. The highest BCUT2D eigenvalue weighted by Gasteiger charge is 2.31. The van der Waals surface area contributed by atoms with Crippen LogP contribution >= 0.6 is 39.2 Å². The third kappa shape index (κ3) is 4.18. The van der Waals surface area contributed by atoms with Gasteiger partial charge in [0.15, 0.2) is 0 Å². The molecule has 70 valence electrons. The summed E-state index contributed by atoms with van der Waals surface area (Å²) in [6.45, 7) is 6.90. The molecule has 1 unspecified atom stereocenters. The molecule has 0 nitrogen and oxygen atoms in total. The number of rotatable bonds is 2. The van der Waals surface area contributed by atoms with Crippen molar-refractivity contribution in [1.82, 2.24) is 0 Å². The number of hydrogen-bond donors (Lipinski definition) is 0. The van der Waals surface area contributed by atoms with Crippen molar-refractivity contribution in [3.63, 3.8) is 0 Å². The number of alkyl halides is 1. The van der Waals surface area contributed by atoms with Gasteiger partial charge in [0.05, 0.1) is 0 Å². The molecule has 0 N–H and O–H groups in total. The van der Waals surface area contributed by atoms with Crippen LogP contribution < -0.4 is 0 Å². The van der Waals surface area contributed by atoms with Crippen molar-refractivity contribution in [1.29, 1.82) is 0 Å². The Labute approximate surface area is 88.2 Å². The minimum atomic E-state index is -0.607. The summed E-state index contributed by atoms with van der Waals surface area (Å²) in [7, 11) is -0.607. The van der Waals surface area contributed by atoms with E-state index >= 15 is 0 Å². The third-order valence-corrected chi connectivity index (χ3v) is 6.44.